The Labute approximate surface area is 145 Å². The minimum absolute atomic E-state index is 0.186. The SMILES string of the molecule is CC(=NN=C1C(=CN(C)C)C(=O)NC(=O)N1C)c1ccc(Cl)cc1. The number of rotatable bonds is 3. The van der Waals surface area contributed by atoms with Crippen LogP contribution in [0.15, 0.2) is 46.2 Å². The monoisotopic (exact) mass is 347 g/mol. The Hall–Kier alpha value is -2.67. The van der Waals surface area contributed by atoms with Crippen molar-refractivity contribution in [2.24, 2.45) is 10.2 Å². The Morgan fingerprint density at radius 1 is 1.25 bits per heavy atom. The van der Waals surface area contributed by atoms with Gasteiger partial charge in [0.05, 0.1) is 5.71 Å². The molecule has 1 aliphatic rings. The molecule has 1 heterocycles. The van der Waals surface area contributed by atoms with E-state index in [1.165, 1.54) is 11.9 Å². The quantitative estimate of drug-likeness (QED) is 0.516. The number of imide groups is 1. The molecule has 8 heteroatoms. The van der Waals surface area contributed by atoms with Crippen LogP contribution in [0.4, 0.5) is 4.79 Å². The first-order valence-corrected chi connectivity index (χ1v) is 7.53. The molecule has 1 saturated heterocycles. The van der Waals surface area contributed by atoms with Crippen molar-refractivity contribution >= 4 is 35.1 Å². The van der Waals surface area contributed by atoms with Gasteiger partial charge < -0.3 is 4.90 Å². The summed E-state index contributed by atoms with van der Waals surface area (Å²) in [6.07, 6.45) is 1.59. The third-order valence-electron chi connectivity index (χ3n) is 3.27. The molecular formula is C16H18ClN5O2. The first-order valence-electron chi connectivity index (χ1n) is 7.15. The summed E-state index contributed by atoms with van der Waals surface area (Å²) in [5, 5.41) is 11.1. The Balaban J connectivity index is 2.41. The van der Waals surface area contributed by atoms with Crippen molar-refractivity contribution in [3.8, 4) is 0 Å². The second-order valence-electron chi connectivity index (χ2n) is 5.44. The number of carbonyl (C=O) groups is 2. The predicted octanol–water partition coefficient (Wildman–Crippen LogP) is 2.09. The minimum atomic E-state index is -0.547. The van der Waals surface area contributed by atoms with E-state index in [0.717, 1.165) is 5.56 Å². The van der Waals surface area contributed by atoms with Gasteiger partial charge in [0.1, 0.15) is 5.57 Å². The molecule has 0 aromatic heterocycles. The highest BCUT2D eigenvalue weighted by Gasteiger charge is 2.31. The fourth-order valence-electron chi connectivity index (χ4n) is 1.99. The second-order valence-corrected chi connectivity index (χ2v) is 5.88. The Bertz CT molecular complexity index is 750. The molecule has 0 unspecified atom stereocenters. The third-order valence-corrected chi connectivity index (χ3v) is 3.52. The topological polar surface area (TPSA) is 77.4 Å². The van der Waals surface area contributed by atoms with Crippen molar-refractivity contribution in [1.29, 1.82) is 0 Å². The van der Waals surface area contributed by atoms with Gasteiger partial charge in [-0.3, -0.25) is 15.0 Å². The molecule has 0 aliphatic carbocycles. The van der Waals surface area contributed by atoms with Crippen LogP contribution in [0.1, 0.15) is 12.5 Å². The van der Waals surface area contributed by atoms with E-state index in [1.54, 1.807) is 44.3 Å². The molecule has 126 valence electrons. The van der Waals surface area contributed by atoms with Gasteiger partial charge in [0.2, 0.25) is 0 Å². The highest BCUT2D eigenvalue weighted by molar-refractivity contribution is 6.31. The van der Waals surface area contributed by atoms with Gasteiger partial charge in [-0.05, 0) is 24.6 Å². The molecule has 0 atom stereocenters. The highest BCUT2D eigenvalue weighted by Crippen LogP contribution is 2.13. The number of amides is 3. The summed E-state index contributed by atoms with van der Waals surface area (Å²) in [5.41, 5.74) is 1.74. The molecule has 1 fully saturated rings. The van der Waals surface area contributed by atoms with Gasteiger partial charge in [-0.15, -0.1) is 5.10 Å². The van der Waals surface area contributed by atoms with Crippen LogP contribution in [0.25, 0.3) is 0 Å². The number of benzene rings is 1. The predicted molar refractivity (Wildman–Crippen MR) is 94.2 cm³/mol. The van der Waals surface area contributed by atoms with Crippen molar-refractivity contribution in [3.63, 3.8) is 0 Å². The molecule has 0 saturated carbocycles. The summed E-state index contributed by atoms with van der Waals surface area (Å²) < 4.78 is 0. The van der Waals surface area contributed by atoms with Gasteiger partial charge in [0, 0.05) is 32.4 Å². The van der Waals surface area contributed by atoms with Crippen LogP contribution in [0, 0.1) is 0 Å². The molecule has 2 rings (SSSR count). The molecule has 1 aromatic carbocycles. The number of urea groups is 1. The van der Waals surface area contributed by atoms with Gasteiger partial charge in [-0.1, -0.05) is 23.7 Å². The first kappa shape index (κ1) is 17.7. The molecule has 0 spiro atoms. The van der Waals surface area contributed by atoms with Gasteiger partial charge in [0.15, 0.2) is 5.84 Å². The Morgan fingerprint density at radius 2 is 1.88 bits per heavy atom. The first-order chi connectivity index (χ1) is 11.3. The molecule has 1 aliphatic heterocycles. The number of amidine groups is 1. The van der Waals surface area contributed by atoms with Gasteiger partial charge in [-0.2, -0.15) is 5.10 Å². The summed E-state index contributed by atoms with van der Waals surface area (Å²) in [6, 6.07) is 6.60. The van der Waals surface area contributed by atoms with Crippen molar-refractivity contribution in [1.82, 2.24) is 15.1 Å². The Kier molecular flexibility index (Phi) is 5.35. The summed E-state index contributed by atoms with van der Waals surface area (Å²) >= 11 is 5.87. The van der Waals surface area contributed by atoms with Gasteiger partial charge >= 0.3 is 6.03 Å². The number of carbonyl (C=O) groups excluding carboxylic acids is 2. The van der Waals surface area contributed by atoms with Crippen LogP contribution in [-0.4, -0.2) is 54.4 Å². The lowest BCUT2D eigenvalue weighted by molar-refractivity contribution is -0.116. The largest absolute Gasteiger partial charge is 0.383 e. The molecule has 1 N–H and O–H groups in total. The average Bonchev–Trinajstić information content (AvgIpc) is 2.52. The number of likely N-dealkylation sites (N-methyl/N-ethyl adjacent to an activating group) is 1. The molecule has 3 amide bonds. The van der Waals surface area contributed by atoms with E-state index in [4.69, 9.17) is 11.6 Å². The van der Waals surface area contributed by atoms with E-state index in [0.29, 0.717) is 10.7 Å². The molecule has 7 nitrogen and oxygen atoms in total. The summed E-state index contributed by atoms with van der Waals surface area (Å²) in [5.74, 6) is -0.323. The molecule has 0 radical (unpaired) electrons. The second kappa shape index (κ2) is 7.27. The molecular weight excluding hydrogens is 330 g/mol. The maximum atomic E-state index is 12.1. The molecule has 1 aromatic rings. The van der Waals surface area contributed by atoms with Crippen LogP contribution in [0.5, 0.6) is 0 Å². The lowest BCUT2D eigenvalue weighted by atomic mass is 10.1. The van der Waals surface area contributed by atoms with Crippen molar-refractivity contribution in [2.75, 3.05) is 21.1 Å². The van der Waals surface area contributed by atoms with E-state index in [1.807, 2.05) is 12.1 Å². The van der Waals surface area contributed by atoms with Crippen LogP contribution in [0.2, 0.25) is 5.02 Å². The zero-order chi connectivity index (χ0) is 17.9. The number of nitrogens with zero attached hydrogens (tertiary/aromatic N) is 4. The van der Waals surface area contributed by atoms with Crippen LogP contribution >= 0.6 is 11.6 Å². The van der Waals surface area contributed by atoms with Crippen molar-refractivity contribution in [3.05, 3.63) is 46.6 Å². The van der Waals surface area contributed by atoms with E-state index < -0.39 is 11.9 Å². The smallest absolute Gasteiger partial charge is 0.329 e. The van der Waals surface area contributed by atoms with E-state index >= 15 is 0 Å². The van der Waals surface area contributed by atoms with Crippen molar-refractivity contribution in [2.45, 2.75) is 6.92 Å². The zero-order valence-electron chi connectivity index (χ0n) is 13.9. The van der Waals surface area contributed by atoms with E-state index in [2.05, 4.69) is 15.5 Å². The van der Waals surface area contributed by atoms with E-state index in [-0.39, 0.29) is 11.4 Å². The normalized spacial score (nSPS) is 19.0. The van der Waals surface area contributed by atoms with Crippen LogP contribution in [0.3, 0.4) is 0 Å². The fourth-order valence-corrected chi connectivity index (χ4v) is 2.12. The average molecular weight is 348 g/mol. The third kappa shape index (κ3) is 3.99. The van der Waals surface area contributed by atoms with Crippen molar-refractivity contribution < 1.29 is 9.59 Å². The number of nitrogens with one attached hydrogen (secondary N) is 1. The summed E-state index contributed by atoms with van der Waals surface area (Å²) in [7, 11) is 5.07. The maximum Gasteiger partial charge on any atom is 0.329 e. The lowest BCUT2D eigenvalue weighted by Crippen LogP contribution is -2.52. The highest BCUT2D eigenvalue weighted by atomic mass is 35.5. The minimum Gasteiger partial charge on any atom is -0.383 e. The summed E-state index contributed by atoms with van der Waals surface area (Å²) in [4.78, 5) is 26.8. The maximum absolute atomic E-state index is 12.1. The fraction of sp³-hybridized carbons (Fsp3) is 0.250. The molecule has 0 bridgehead atoms. The van der Waals surface area contributed by atoms with Crippen LogP contribution < -0.4 is 5.32 Å². The van der Waals surface area contributed by atoms with Crippen LogP contribution in [-0.2, 0) is 4.79 Å². The zero-order valence-corrected chi connectivity index (χ0v) is 14.6. The number of hydrogen-bond acceptors (Lipinski definition) is 5. The molecule has 24 heavy (non-hydrogen) atoms. The Morgan fingerprint density at radius 3 is 2.46 bits per heavy atom. The number of halogens is 1. The van der Waals surface area contributed by atoms with Gasteiger partial charge in [0.25, 0.3) is 5.91 Å². The number of hydrogen-bond donors (Lipinski definition) is 1. The standard InChI is InChI=1S/C16H18ClN5O2/c1-10(11-5-7-12(17)8-6-11)19-20-14-13(9-21(2)3)15(23)18-16(24)22(14)4/h5-9H,1-4H3,(H,18,23,24). The van der Waals surface area contributed by atoms with Gasteiger partial charge in [-0.25, -0.2) is 4.79 Å². The van der Waals surface area contributed by atoms with E-state index in [9.17, 15) is 9.59 Å². The summed E-state index contributed by atoms with van der Waals surface area (Å²) in [6.45, 7) is 1.79. The lowest BCUT2D eigenvalue weighted by Gasteiger charge is -2.26.